The molecule has 3 heterocycles. The first kappa shape index (κ1) is 15.9. The highest BCUT2D eigenvalue weighted by Crippen LogP contribution is 2.29. The minimum atomic E-state index is 0.102. The average molecular weight is 339 g/mol. The van der Waals surface area contributed by atoms with Gasteiger partial charge in [-0.2, -0.15) is 5.10 Å². The van der Waals surface area contributed by atoms with Gasteiger partial charge in [0.25, 0.3) is 0 Å². The number of ether oxygens (including phenoxy) is 1. The SMILES string of the molecule is CO[C@@H]1CN(Cc2ncnn2-c2ccccc2)C[C@H]1c1cn(C)nn1. The van der Waals surface area contributed by atoms with Gasteiger partial charge >= 0.3 is 0 Å². The third kappa shape index (κ3) is 3.18. The molecule has 8 heteroatoms. The second-order valence-corrected chi connectivity index (χ2v) is 6.32. The van der Waals surface area contributed by atoms with E-state index >= 15 is 0 Å². The first-order valence-corrected chi connectivity index (χ1v) is 8.30. The number of aromatic nitrogens is 6. The summed E-state index contributed by atoms with van der Waals surface area (Å²) < 4.78 is 9.31. The number of benzene rings is 1. The maximum absolute atomic E-state index is 5.69. The molecule has 3 aromatic rings. The molecular formula is C17H21N7O. The van der Waals surface area contributed by atoms with Crippen LogP contribution in [0.5, 0.6) is 0 Å². The van der Waals surface area contributed by atoms with Crippen molar-refractivity contribution in [2.75, 3.05) is 20.2 Å². The summed E-state index contributed by atoms with van der Waals surface area (Å²) in [5.74, 6) is 1.13. The van der Waals surface area contributed by atoms with E-state index in [-0.39, 0.29) is 12.0 Å². The molecule has 0 N–H and O–H groups in total. The number of hydrogen-bond acceptors (Lipinski definition) is 6. The minimum Gasteiger partial charge on any atom is -0.379 e. The maximum atomic E-state index is 5.69. The molecular weight excluding hydrogens is 318 g/mol. The van der Waals surface area contributed by atoms with Crippen molar-refractivity contribution in [3.63, 3.8) is 0 Å². The number of likely N-dealkylation sites (tertiary alicyclic amines) is 1. The summed E-state index contributed by atoms with van der Waals surface area (Å²) in [6.07, 6.45) is 3.67. The second kappa shape index (κ2) is 6.73. The van der Waals surface area contributed by atoms with E-state index in [2.05, 4.69) is 25.3 Å². The zero-order chi connectivity index (χ0) is 17.2. The average Bonchev–Trinajstić information content (AvgIpc) is 3.35. The van der Waals surface area contributed by atoms with E-state index in [0.717, 1.165) is 30.3 Å². The first-order valence-electron chi connectivity index (χ1n) is 8.30. The highest BCUT2D eigenvalue weighted by atomic mass is 16.5. The Morgan fingerprint density at radius 2 is 2.04 bits per heavy atom. The second-order valence-electron chi connectivity index (χ2n) is 6.32. The smallest absolute Gasteiger partial charge is 0.146 e. The van der Waals surface area contributed by atoms with Crippen LogP contribution in [-0.2, 0) is 18.3 Å². The molecule has 2 aromatic heterocycles. The number of hydrogen-bond donors (Lipinski definition) is 0. The number of rotatable bonds is 5. The molecule has 1 aromatic carbocycles. The van der Waals surface area contributed by atoms with Gasteiger partial charge in [0.2, 0.25) is 0 Å². The molecule has 0 radical (unpaired) electrons. The van der Waals surface area contributed by atoms with Crippen LogP contribution < -0.4 is 0 Å². The van der Waals surface area contributed by atoms with Crippen molar-refractivity contribution in [1.82, 2.24) is 34.7 Å². The molecule has 0 unspecified atom stereocenters. The zero-order valence-corrected chi connectivity index (χ0v) is 14.4. The molecule has 1 saturated heterocycles. The van der Waals surface area contributed by atoms with Gasteiger partial charge in [-0.15, -0.1) is 5.10 Å². The molecule has 8 nitrogen and oxygen atoms in total. The quantitative estimate of drug-likeness (QED) is 0.691. The van der Waals surface area contributed by atoms with E-state index in [9.17, 15) is 0 Å². The Hall–Kier alpha value is -2.58. The number of para-hydroxylation sites is 1. The summed E-state index contributed by atoms with van der Waals surface area (Å²) in [6, 6.07) is 10.1. The van der Waals surface area contributed by atoms with E-state index in [1.165, 1.54) is 0 Å². The standard InChI is InChI=1S/C17H21N7O/c1-22-9-15(20-21-22)14-8-23(10-16(14)25-2)11-17-18-12-19-24(17)13-6-4-3-5-7-13/h3-7,9,12,14,16H,8,10-11H2,1-2H3/t14-,16+/m0/s1. The third-order valence-corrected chi connectivity index (χ3v) is 4.63. The lowest BCUT2D eigenvalue weighted by Crippen LogP contribution is -2.24. The topological polar surface area (TPSA) is 73.9 Å². The molecule has 0 saturated carbocycles. The molecule has 0 amide bonds. The van der Waals surface area contributed by atoms with Gasteiger partial charge in [0.15, 0.2) is 0 Å². The van der Waals surface area contributed by atoms with Gasteiger partial charge in [0.1, 0.15) is 12.2 Å². The summed E-state index contributed by atoms with van der Waals surface area (Å²) in [5, 5.41) is 12.7. The van der Waals surface area contributed by atoms with Gasteiger partial charge in [-0.1, -0.05) is 23.4 Å². The van der Waals surface area contributed by atoms with Gasteiger partial charge in [0, 0.05) is 39.4 Å². The predicted molar refractivity (Wildman–Crippen MR) is 91.2 cm³/mol. The number of methoxy groups -OCH3 is 1. The monoisotopic (exact) mass is 339 g/mol. The Labute approximate surface area is 146 Å². The van der Waals surface area contributed by atoms with Crippen molar-refractivity contribution in [1.29, 1.82) is 0 Å². The van der Waals surface area contributed by atoms with Crippen molar-refractivity contribution < 1.29 is 4.74 Å². The normalized spacial score (nSPS) is 21.0. The zero-order valence-electron chi connectivity index (χ0n) is 14.4. The lowest BCUT2D eigenvalue weighted by atomic mass is 10.0. The Kier molecular flexibility index (Phi) is 4.29. The van der Waals surface area contributed by atoms with Gasteiger partial charge in [-0.3, -0.25) is 9.58 Å². The van der Waals surface area contributed by atoms with Crippen LogP contribution in [0.1, 0.15) is 17.4 Å². The van der Waals surface area contributed by atoms with Gasteiger partial charge in [-0.25, -0.2) is 9.67 Å². The molecule has 1 aliphatic heterocycles. The Bertz CT molecular complexity index is 828. The summed E-state index contributed by atoms with van der Waals surface area (Å²) in [6.45, 7) is 2.41. The van der Waals surface area contributed by atoms with Crippen LogP contribution in [0, 0.1) is 0 Å². The molecule has 0 aliphatic carbocycles. The molecule has 4 rings (SSSR count). The largest absolute Gasteiger partial charge is 0.379 e. The van der Waals surface area contributed by atoms with Crippen LogP contribution in [0.25, 0.3) is 5.69 Å². The Morgan fingerprint density at radius 1 is 1.20 bits per heavy atom. The van der Waals surface area contributed by atoms with Gasteiger partial charge < -0.3 is 4.74 Å². The fourth-order valence-electron chi connectivity index (χ4n) is 3.40. The highest BCUT2D eigenvalue weighted by Gasteiger charge is 2.36. The molecule has 0 spiro atoms. The minimum absolute atomic E-state index is 0.102. The Balaban J connectivity index is 1.52. The van der Waals surface area contributed by atoms with E-state index in [4.69, 9.17) is 4.74 Å². The Morgan fingerprint density at radius 3 is 2.76 bits per heavy atom. The summed E-state index contributed by atoms with van der Waals surface area (Å²) in [7, 11) is 3.64. The van der Waals surface area contributed by atoms with Gasteiger partial charge in [-0.05, 0) is 12.1 Å². The van der Waals surface area contributed by atoms with E-state index in [1.54, 1.807) is 18.1 Å². The maximum Gasteiger partial charge on any atom is 0.146 e. The van der Waals surface area contributed by atoms with Crippen molar-refractivity contribution in [3.8, 4) is 5.69 Å². The number of nitrogens with zero attached hydrogens (tertiary/aromatic N) is 7. The van der Waals surface area contributed by atoms with Crippen molar-refractivity contribution in [3.05, 3.63) is 54.4 Å². The van der Waals surface area contributed by atoms with Crippen molar-refractivity contribution in [2.45, 2.75) is 18.6 Å². The van der Waals surface area contributed by atoms with E-state index in [1.807, 2.05) is 48.3 Å². The lowest BCUT2D eigenvalue weighted by molar-refractivity contribution is 0.0954. The van der Waals surface area contributed by atoms with Crippen LogP contribution in [-0.4, -0.2) is 61.0 Å². The predicted octanol–water partition coefficient (Wildman–Crippen LogP) is 1.01. The molecule has 25 heavy (non-hydrogen) atoms. The summed E-state index contributed by atoms with van der Waals surface area (Å²) in [4.78, 5) is 6.78. The molecule has 0 bridgehead atoms. The summed E-state index contributed by atoms with van der Waals surface area (Å²) in [5.41, 5.74) is 1.99. The van der Waals surface area contributed by atoms with Crippen LogP contribution in [0.4, 0.5) is 0 Å². The highest BCUT2D eigenvalue weighted by molar-refractivity contribution is 5.30. The molecule has 2 atom stereocenters. The van der Waals surface area contributed by atoms with Crippen molar-refractivity contribution >= 4 is 0 Å². The third-order valence-electron chi connectivity index (χ3n) is 4.63. The fraction of sp³-hybridized carbons (Fsp3) is 0.412. The molecule has 130 valence electrons. The van der Waals surface area contributed by atoms with E-state index in [0.29, 0.717) is 6.54 Å². The van der Waals surface area contributed by atoms with Crippen LogP contribution in [0.3, 0.4) is 0 Å². The van der Waals surface area contributed by atoms with E-state index < -0.39 is 0 Å². The summed E-state index contributed by atoms with van der Waals surface area (Å²) >= 11 is 0. The lowest BCUT2D eigenvalue weighted by Gasteiger charge is -2.15. The van der Waals surface area contributed by atoms with Crippen LogP contribution in [0.15, 0.2) is 42.9 Å². The first-order chi connectivity index (χ1) is 12.2. The van der Waals surface area contributed by atoms with Crippen LogP contribution in [0.2, 0.25) is 0 Å². The van der Waals surface area contributed by atoms with Crippen LogP contribution >= 0.6 is 0 Å². The fourth-order valence-corrected chi connectivity index (χ4v) is 3.40. The molecule has 1 aliphatic rings. The van der Waals surface area contributed by atoms with Crippen molar-refractivity contribution in [2.24, 2.45) is 7.05 Å². The molecule has 1 fully saturated rings. The van der Waals surface area contributed by atoms with Gasteiger partial charge in [0.05, 0.1) is 24.0 Å². The number of aryl methyl sites for hydroxylation is 1.